The lowest BCUT2D eigenvalue weighted by molar-refractivity contribution is -0.118. The number of amides is 2. The summed E-state index contributed by atoms with van der Waals surface area (Å²) in [6, 6.07) is 5.62. The van der Waals surface area contributed by atoms with Gasteiger partial charge in [0, 0.05) is 24.3 Å². The van der Waals surface area contributed by atoms with Crippen molar-refractivity contribution in [3.8, 4) is 0 Å². The molecule has 1 aromatic carbocycles. The predicted molar refractivity (Wildman–Crippen MR) is 73.4 cm³/mol. The largest absolute Gasteiger partial charge is 0.453 e. The van der Waals surface area contributed by atoms with E-state index in [1.54, 1.807) is 4.90 Å². The van der Waals surface area contributed by atoms with Gasteiger partial charge in [0.25, 0.3) is 0 Å². The smallest absolute Gasteiger partial charge is 0.411 e. The molecule has 1 aliphatic rings. The van der Waals surface area contributed by atoms with Crippen LogP contribution in [0.4, 0.5) is 16.2 Å². The molecule has 5 nitrogen and oxygen atoms in total. The number of fused-ring (bicyclic) bond motifs is 1. The molecule has 1 aliphatic heterocycles. The van der Waals surface area contributed by atoms with Gasteiger partial charge in [-0.05, 0) is 30.5 Å². The molecule has 0 spiro atoms. The zero-order chi connectivity index (χ0) is 13.8. The number of rotatable bonds is 2. The van der Waals surface area contributed by atoms with E-state index < -0.39 is 6.09 Å². The Morgan fingerprint density at radius 1 is 1.42 bits per heavy atom. The van der Waals surface area contributed by atoms with Crippen LogP contribution in [-0.4, -0.2) is 25.7 Å². The number of benzene rings is 1. The molecule has 1 N–H and O–H groups in total. The van der Waals surface area contributed by atoms with Crippen molar-refractivity contribution in [1.82, 2.24) is 0 Å². The van der Waals surface area contributed by atoms with Gasteiger partial charge in [-0.3, -0.25) is 10.1 Å². The van der Waals surface area contributed by atoms with Crippen LogP contribution in [0.15, 0.2) is 18.2 Å². The van der Waals surface area contributed by atoms with E-state index in [-0.39, 0.29) is 5.91 Å². The highest BCUT2D eigenvalue weighted by Gasteiger charge is 2.21. The summed E-state index contributed by atoms with van der Waals surface area (Å²) < 4.78 is 4.56. The molecule has 19 heavy (non-hydrogen) atoms. The van der Waals surface area contributed by atoms with Crippen molar-refractivity contribution in [2.24, 2.45) is 0 Å². The van der Waals surface area contributed by atoms with Crippen LogP contribution in [0.1, 0.15) is 25.3 Å². The molecule has 0 unspecified atom stereocenters. The van der Waals surface area contributed by atoms with Crippen LogP contribution in [0.25, 0.3) is 0 Å². The van der Waals surface area contributed by atoms with E-state index in [9.17, 15) is 9.59 Å². The fourth-order valence-corrected chi connectivity index (χ4v) is 2.27. The predicted octanol–water partition coefficient (Wildman–Crippen LogP) is 2.55. The molecular formula is C14H18N2O3. The minimum atomic E-state index is -0.510. The van der Waals surface area contributed by atoms with E-state index in [0.29, 0.717) is 12.1 Å². The second-order valence-electron chi connectivity index (χ2n) is 4.46. The number of carbonyl (C=O) groups excluding carboxylic acids is 2. The molecule has 0 bridgehead atoms. The maximum Gasteiger partial charge on any atom is 0.411 e. The lowest BCUT2D eigenvalue weighted by atomic mass is 10.0. The van der Waals surface area contributed by atoms with Gasteiger partial charge in [-0.25, -0.2) is 4.79 Å². The van der Waals surface area contributed by atoms with E-state index in [1.165, 1.54) is 7.11 Å². The number of hydrogen-bond acceptors (Lipinski definition) is 3. The van der Waals surface area contributed by atoms with Gasteiger partial charge < -0.3 is 9.64 Å². The van der Waals surface area contributed by atoms with E-state index in [0.717, 1.165) is 30.6 Å². The highest BCUT2D eigenvalue weighted by Crippen LogP contribution is 2.30. The zero-order valence-electron chi connectivity index (χ0n) is 11.2. The summed E-state index contributed by atoms with van der Waals surface area (Å²) in [6.45, 7) is 2.59. The third-order valence-corrected chi connectivity index (χ3v) is 3.24. The monoisotopic (exact) mass is 262 g/mol. The summed E-state index contributed by atoms with van der Waals surface area (Å²) in [5.74, 6) is 0.108. The van der Waals surface area contributed by atoms with Crippen molar-refractivity contribution in [3.63, 3.8) is 0 Å². The third-order valence-electron chi connectivity index (χ3n) is 3.24. The summed E-state index contributed by atoms with van der Waals surface area (Å²) in [7, 11) is 1.32. The van der Waals surface area contributed by atoms with Crippen molar-refractivity contribution >= 4 is 23.4 Å². The molecule has 0 saturated carbocycles. The lowest BCUT2D eigenvalue weighted by Gasteiger charge is -2.29. The topological polar surface area (TPSA) is 58.6 Å². The maximum atomic E-state index is 11.9. The third kappa shape index (κ3) is 2.86. The highest BCUT2D eigenvalue weighted by molar-refractivity contribution is 5.95. The number of aryl methyl sites for hydroxylation is 1. The number of carbonyl (C=O) groups is 2. The van der Waals surface area contributed by atoms with Gasteiger partial charge in [0.1, 0.15) is 0 Å². The number of hydrogen-bond donors (Lipinski definition) is 1. The summed E-state index contributed by atoms with van der Waals surface area (Å²) >= 11 is 0. The number of nitrogens with zero attached hydrogens (tertiary/aromatic N) is 1. The van der Waals surface area contributed by atoms with Gasteiger partial charge in [0.05, 0.1) is 7.11 Å². The molecule has 0 atom stereocenters. The second-order valence-corrected chi connectivity index (χ2v) is 4.46. The van der Waals surface area contributed by atoms with Crippen LogP contribution in [0.5, 0.6) is 0 Å². The molecule has 102 valence electrons. The molecule has 0 fully saturated rings. The van der Waals surface area contributed by atoms with Crippen molar-refractivity contribution < 1.29 is 14.3 Å². The average Bonchev–Trinajstić information content (AvgIpc) is 2.45. The van der Waals surface area contributed by atoms with Gasteiger partial charge in [-0.2, -0.15) is 0 Å². The van der Waals surface area contributed by atoms with Crippen molar-refractivity contribution in [2.45, 2.75) is 26.2 Å². The highest BCUT2D eigenvalue weighted by atomic mass is 16.5. The summed E-state index contributed by atoms with van der Waals surface area (Å²) in [5.41, 5.74) is 2.68. The Morgan fingerprint density at radius 3 is 2.89 bits per heavy atom. The summed E-state index contributed by atoms with van der Waals surface area (Å²) in [5, 5.41) is 2.62. The van der Waals surface area contributed by atoms with Gasteiger partial charge in [0.15, 0.2) is 0 Å². The van der Waals surface area contributed by atoms with E-state index >= 15 is 0 Å². The molecular weight excluding hydrogens is 244 g/mol. The standard InChI is InChI=1S/C14H18N2O3/c1-3-13(17)16-8-4-5-10-6-7-11(9-12(10)16)15-14(18)19-2/h6-7,9H,3-5,8H2,1-2H3,(H,15,18). The molecule has 1 heterocycles. The van der Waals surface area contributed by atoms with Gasteiger partial charge >= 0.3 is 6.09 Å². The minimum absolute atomic E-state index is 0.108. The first kappa shape index (κ1) is 13.4. The van der Waals surface area contributed by atoms with Crippen molar-refractivity contribution in [3.05, 3.63) is 23.8 Å². The SMILES string of the molecule is CCC(=O)N1CCCc2ccc(NC(=O)OC)cc21. The van der Waals surface area contributed by atoms with Gasteiger partial charge in [0.2, 0.25) is 5.91 Å². The molecule has 2 amide bonds. The Morgan fingerprint density at radius 2 is 2.21 bits per heavy atom. The first-order chi connectivity index (χ1) is 9.15. The Balaban J connectivity index is 2.30. The van der Waals surface area contributed by atoms with Gasteiger partial charge in [-0.15, -0.1) is 0 Å². The quantitative estimate of drug-likeness (QED) is 0.891. The van der Waals surface area contributed by atoms with Crippen molar-refractivity contribution in [1.29, 1.82) is 0 Å². The number of nitrogens with one attached hydrogen (secondary N) is 1. The Kier molecular flexibility index (Phi) is 4.04. The summed E-state index contributed by atoms with van der Waals surface area (Å²) in [4.78, 5) is 24.9. The molecule has 5 heteroatoms. The average molecular weight is 262 g/mol. The van der Waals surface area contributed by atoms with E-state index in [2.05, 4.69) is 10.1 Å². The molecule has 1 aromatic rings. The van der Waals surface area contributed by atoms with E-state index in [1.807, 2.05) is 25.1 Å². The fourth-order valence-electron chi connectivity index (χ4n) is 2.27. The van der Waals surface area contributed by atoms with Crippen LogP contribution in [-0.2, 0) is 16.0 Å². The number of anilines is 2. The molecule has 2 rings (SSSR count). The number of ether oxygens (including phenoxy) is 1. The second kappa shape index (κ2) is 5.73. The van der Waals surface area contributed by atoms with Crippen LogP contribution in [0.3, 0.4) is 0 Å². The fraction of sp³-hybridized carbons (Fsp3) is 0.429. The minimum Gasteiger partial charge on any atom is -0.453 e. The molecule has 0 radical (unpaired) electrons. The Bertz CT molecular complexity index is 499. The van der Waals surface area contributed by atoms with Crippen LogP contribution < -0.4 is 10.2 Å². The Labute approximate surface area is 112 Å². The van der Waals surface area contributed by atoms with Crippen LogP contribution in [0, 0.1) is 0 Å². The normalized spacial score (nSPS) is 13.7. The summed E-state index contributed by atoms with van der Waals surface area (Å²) in [6.07, 6.45) is 1.90. The van der Waals surface area contributed by atoms with Crippen LogP contribution >= 0.6 is 0 Å². The lowest BCUT2D eigenvalue weighted by Crippen LogP contribution is -2.35. The molecule has 0 saturated heterocycles. The zero-order valence-corrected chi connectivity index (χ0v) is 11.2. The maximum absolute atomic E-state index is 11.9. The number of methoxy groups -OCH3 is 1. The first-order valence-electron chi connectivity index (χ1n) is 6.44. The Hall–Kier alpha value is -2.04. The molecule has 0 aliphatic carbocycles. The van der Waals surface area contributed by atoms with Crippen molar-refractivity contribution in [2.75, 3.05) is 23.9 Å². The van der Waals surface area contributed by atoms with Gasteiger partial charge in [-0.1, -0.05) is 13.0 Å². The van der Waals surface area contributed by atoms with E-state index in [4.69, 9.17) is 0 Å². The molecule has 0 aromatic heterocycles. The first-order valence-corrected chi connectivity index (χ1v) is 6.44. The van der Waals surface area contributed by atoms with Crippen LogP contribution in [0.2, 0.25) is 0 Å².